The molecule has 0 saturated carbocycles. The number of aryl methyl sites for hydroxylation is 1. The van der Waals surface area contributed by atoms with Gasteiger partial charge in [-0.2, -0.15) is 0 Å². The van der Waals surface area contributed by atoms with E-state index in [1.165, 1.54) is 18.2 Å². The van der Waals surface area contributed by atoms with Crippen LogP contribution in [0.2, 0.25) is 0 Å². The number of para-hydroxylation sites is 1. The van der Waals surface area contributed by atoms with Gasteiger partial charge in [-0.25, -0.2) is 0 Å². The molecule has 0 saturated heterocycles. The summed E-state index contributed by atoms with van der Waals surface area (Å²) in [6, 6.07) is 13.5. The van der Waals surface area contributed by atoms with Crippen LogP contribution in [0.15, 0.2) is 48.5 Å². The van der Waals surface area contributed by atoms with Crippen LogP contribution in [-0.4, -0.2) is 24.6 Å². The molecule has 2 aromatic heterocycles. The third-order valence-electron chi connectivity index (χ3n) is 4.04. The van der Waals surface area contributed by atoms with Crippen molar-refractivity contribution in [3.05, 3.63) is 64.2 Å². The second-order valence-corrected chi connectivity index (χ2v) is 5.52. The zero-order valence-electron chi connectivity index (χ0n) is 12.7. The summed E-state index contributed by atoms with van der Waals surface area (Å²) in [6.07, 6.45) is 0. The first-order valence-corrected chi connectivity index (χ1v) is 7.27. The Morgan fingerprint density at radius 3 is 2.71 bits per heavy atom. The normalized spacial score (nSPS) is 11.2. The molecule has 0 spiro atoms. The van der Waals surface area contributed by atoms with E-state index in [0.717, 1.165) is 16.5 Å². The van der Waals surface area contributed by atoms with Gasteiger partial charge in [-0.3, -0.25) is 14.5 Å². The Labute approximate surface area is 136 Å². The molecule has 118 valence electrons. The van der Waals surface area contributed by atoms with Gasteiger partial charge in [-0.1, -0.05) is 18.2 Å². The number of aromatic hydroxyl groups is 1. The first kappa shape index (κ1) is 14.1. The maximum Gasteiger partial charge on any atom is 0.270 e. The molecule has 0 fully saturated rings. The molecule has 0 amide bonds. The second kappa shape index (κ2) is 5.02. The predicted molar refractivity (Wildman–Crippen MR) is 89.0 cm³/mol. The smallest absolute Gasteiger partial charge is 0.270 e. The lowest BCUT2D eigenvalue weighted by Crippen LogP contribution is -1.95. The Hall–Kier alpha value is -3.48. The highest BCUT2D eigenvalue weighted by Gasteiger charge is 2.18. The number of hydrogen-bond donors (Lipinski definition) is 1. The molecule has 7 heteroatoms. The summed E-state index contributed by atoms with van der Waals surface area (Å²) in [7, 11) is 0. The van der Waals surface area contributed by atoms with Crippen LogP contribution in [0.4, 0.5) is 5.69 Å². The van der Waals surface area contributed by atoms with Crippen LogP contribution < -0.4 is 0 Å². The van der Waals surface area contributed by atoms with E-state index in [1.807, 2.05) is 37.3 Å². The molecular weight excluding hydrogens is 308 g/mol. The van der Waals surface area contributed by atoms with E-state index in [-0.39, 0.29) is 17.0 Å². The highest BCUT2D eigenvalue weighted by atomic mass is 16.6. The molecule has 1 N–H and O–H groups in total. The minimum atomic E-state index is -0.506. The molecule has 2 heterocycles. The molecule has 0 aliphatic carbocycles. The molecule has 2 aromatic carbocycles. The summed E-state index contributed by atoms with van der Waals surface area (Å²) in [5, 5.41) is 30.5. The van der Waals surface area contributed by atoms with E-state index >= 15 is 0 Å². The number of non-ortho nitro benzene ring substituents is 1. The molecular formula is C17H12N4O3. The molecule has 0 bridgehead atoms. The van der Waals surface area contributed by atoms with Gasteiger partial charge in [-0.05, 0) is 30.7 Å². The van der Waals surface area contributed by atoms with Crippen molar-refractivity contribution >= 4 is 22.2 Å². The number of aromatic nitrogens is 3. The number of hydrogen-bond acceptors (Lipinski definition) is 5. The molecule has 0 aliphatic rings. The van der Waals surface area contributed by atoms with Gasteiger partial charge in [0, 0.05) is 17.5 Å². The van der Waals surface area contributed by atoms with E-state index in [0.29, 0.717) is 11.5 Å². The Kier molecular flexibility index (Phi) is 2.96. The highest BCUT2D eigenvalue weighted by molar-refractivity contribution is 5.87. The number of pyridine rings is 1. The average molecular weight is 320 g/mol. The summed E-state index contributed by atoms with van der Waals surface area (Å²) in [5.41, 5.74) is 2.70. The number of phenols is 1. The van der Waals surface area contributed by atoms with Crippen molar-refractivity contribution < 1.29 is 10.0 Å². The number of nitro groups is 1. The van der Waals surface area contributed by atoms with Crippen molar-refractivity contribution in [1.82, 2.24) is 14.6 Å². The fourth-order valence-corrected chi connectivity index (χ4v) is 2.89. The van der Waals surface area contributed by atoms with Crippen LogP contribution in [0.5, 0.6) is 5.75 Å². The number of nitro benzene ring substituents is 1. The monoisotopic (exact) mass is 320 g/mol. The standard InChI is InChI=1S/C17H12N4O3/c1-10-8-16-18-19-17(20(16)14-5-3-2-4-12(10)14)13-9-11(21(23)24)6-7-15(13)22/h2-9,22H,1H3. The van der Waals surface area contributed by atoms with Crippen LogP contribution in [0.3, 0.4) is 0 Å². The summed E-state index contributed by atoms with van der Waals surface area (Å²) in [4.78, 5) is 10.5. The first-order chi connectivity index (χ1) is 11.6. The van der Waals surface area contributed by atoms with E-state index in [2.05, 4.69) is 10.2 Å². The summed E-state index contributed by atoms with van der Waals surface area (Å²) >= 11 is 0. The van der Waals surface area contributed by atoms with Gasteiger partial charge in [-0.15, -0.1) is 10.2 Å². The fraction of sp³-hybridized carbons (Fsp3) is 0.0588. The number of phenolic OH excluding ortho intramolecular Hbond substituents is 1. The summed E-state index contributed by atoms with van der Waals surface area (Å²) in [6.45, 7) is 1.99. The highest BCUT2D eigenvalue weighted by Crippen LogP contribution is 2.33. The van der Waals surface area contributed by atoms with Gasteiger partial charge in [0.1, 0.15) is 5.75 Å². The van der Waals surface area contributed by atoms with Crippen molar-refractivity contribution in [1.29, 1.82) is 0 Å². The van der Waals surface area contributed by atoms with E-state index < -0.39 is 4.92 Å². The van der Waals surface area contributed by atoms with Crippen LogP contribution in [0.1, 0.15) is 5.56 Å². The lowest BCUT2D eigenvalue weighted by molar-refractivity contribution is -0.384. The largest absolute Gasteiger partial charge is 0.507 e. The van der Waals surface area contributed by atoms with Gasteiger partial charge < -0.3 is 5.11 Å². The lowest BCUT2D eigenvalue weighted by atomic mass is 10.1. The molecule has 0 atom stereocenters. The average Bonchev–Trinajstić information content (AvgIpc) is 2.99. The zero-order chi connectivity index (χ0) is 16.8. The number of nitrogens with zero attached hydrogens (tertiary/aromatic N) is 4. The molecule has 4 rings (SSSR count). The molecule has 0 radical (unpaired) electrons. The quantitative estimate of drug-likeness (QED) is 0.451. The topological polar surface area (TPSA) is 93.6 Å². The fourth-order valence-electron chi connectivity index (χ4n) is 2.89. The summed E-state index contributed by atoms with van der Waals surface area (Å²) < 4.78 is 1.79. The molecule has 4 aromatic rings. The Bertz CT molecular complexity index is 1120. The third kappa shape index (κ3) is 1.98. The van der Waals surface area contributed by atoms with Crippen molar-refractivity contribution in [2.24, 2.45) is 0 Å². The van der Waals surface area contributed by atoms with Crippen molar-refractivity contribution in [2.45, 2.75) is 6.92 Å². The Balaban J connectivity index is 2.11. The van der Waals surface area contributed by atoms with Gasteiger partial charge >= 0.3 is 0 Å². The number of rotatable bonds is 2. The third-order valence-corrected chi connectivity index (χ3v) is 4.04. The maximum atomic E-state index is 11.0. The van der Waals surface area contributed by atoms with E-state index in [9.17, 15) is 15.2 Å². The molecule has 0 aliphatic heterocycles. The molecule has 0 unspecified atom stereocenters. The predicted octanol–water partition coefficient (Wildman–Crippen LogP) is 3.47. The first-order valence-electron chi connectivity index (χ1n) is 7.27. The number of benzene rings is 2. The van der Waals surface area contributed by atoms with Crippen molar-refractivity contribution in [3.63, 3.8) is 0 Å². The summed E-state index contributed by atoms with van der Waals surface area (Å²) in [5.74, 6) is 0.280. The second-order valence-electron chi connectivity index (χ2n) is 5.52. The molecule has 24 heavy (non-hydrogen) atoms. The lowest BCUT2D eigenvalue weighted by Gasteiger charge is -2.08. The van der Waals surface area contributed by atoms with Crippen LogP contribution in [0, 0.1) is 17.0 Å². The van der Waals surface area contributed by atoms with Crippen LogP contribution in [0.25, 0.3) is 27.9 Å². The van der Waals surface area contributed by atoms with Crippen molar-refractivity contribution in [3.8, 4) is 17.1 Å². The van der Waals surface area contributed by atoms with Crippen LogP contribution in [-0.2, 0) is 0 Å². The zero-order valence-corrected chi connectivity index (χ0v) is 12.7. The SMILES string of the molecule is Cc1cc2nnc(-c3cc([N+](=O)[O-])ccc3O)n2c2ccccc12. The Morgan fingerprint density at radius 1 is 1.12 bits per heavy atom. The van der Waals surface area contributed by atoms with Crippen molar-refractivity contribution in [2.75, 3.05) is 0 Å². The van der Waals surface area contributed by atoms with E-state index in [4.69, 9.17) is 0 Å². The molecule has 7 nitrogen and oxygen atoms in total. The van der Waals surface area contributed by atoms with Gasteiger partial charge in [0.05, 0.1) is 16.0 Å². The maximum absolute atomic E-state index is 11.0. The Morgan fingerprint density at radius 2 is 1.92 bits per heavy atom. The van der Waals surface area contributed by atoms with Gasteiger partial charge in [0.25, 0.3) is 5.69 Å². The number of fused-ring (bicyclic) bond motifs is 3. The minimum absolute atomic E-state index is 0.0837. The van der Waals surface area contributed by atoms with E-state index in [1.54, 1.807) is 4.40 Å². The van der Waals surface area contributed by atoms with Crippen LogP contribution >= 0.6 is 0 Å². The van der Waals surface area contributed by atoms with Gasteiger partial charge in [0.15, 0.2) is 11.5 Å². The minimum Gasteiger partial charge on any atom is -0.507 e. The van der Waals surface area contributed by atoms with Gasteiger partial charge in [0.2, 0.25) is 0 Å².